The Morgan fingerprint density at radius 3 is 2.51 bits per heavy atom. The van der Waals surface area contributed by atoms with E-state index in [4.69, 9.17) is 39.1 Å². The molecule has 21 heteroatoms. The van der Waals surface area contributed by atoms with Crippen LogP contribution in [-0.4, -0.2) is 136 Å². The van der Waals surface area contributed by atoms with Crippen LogP contribution in [0.5, 0.6) is 17.4 Å². The number of anilines is 4. The minimum atomic E-state index is -4.87. The molecular formula is C54H63FN8O11S. The number of aromatic amines is 1. The van der Waals surface area contributed by atoms with E-state index in [9.17, 15) is 14.9 Å². The zero-order valence-electron chi connectivity index (χ0n) is 42.1. The maximum absolute atomic E-state index is 16.4. The van der Waals surface area contributed by atoms with Gasteiger partial charge in [0.05, 0.1) is 64.2 Å². The van der Waals surface area contributed by atoms with Crippen molar-refractivity contribution in [3.05, 3.63) is 88.1 Å². The molecule has 0 radical (unpaired) electrons. The number of nitro groups is 1. The van der Waals surface area contributed by atoms with Gasteiger partial charge in [-0.25, -0.2) is 12.8 Å². The van der Waals surface area contributed by atoms with Crippen LogP contribution in [0.3, 0.4) is 0 Å². The zero-order valence-corrected chi connectivity index (χ0v) is 42.9. The Kier molecular flexibility index (Phi) is 12.8. The lowest BCUT2D eigenvalue weighted by Gasteiger charge is -2.56. The number of alkyl halides is 1. The fraction of sp³-hybridized carbons (Fsp3) is 0.519. The number of H-pyrrole nitrogens is 1. The van der Waals surface area contributed by atoms with Gasteiger partial charge in [-0.1, -0.05) is 18.2 Å². The Morgan fingerprint density at radius 1 is 0.947 bits per heavy atom. The Labute approximate surface area is 434 Å². The summed E-state index contributed by atoms with van der Waals surface area (Å²) in [5, 5.41) is 16.8. The molecule has 5 fully saturated rings. The number of para-hydroxylation sites is 1. The number of benzene rings is 3. The molecule has 4 atom stereocenters. The quantitative estimate of drug-likeness (QED) is 0.0848. The SMILES string of the molecule is CC(C)Oc1ccccc1[C@@H]1COCCCN1C1CC2(CCN(c3ccc(C(N)=O)c(N4c5cc6cc[nH]c6nc5O[C@H]5COCC[C@@H]54)c3S(=O)(=O)c3cc4c(c([N+](=O)[O-])c3)N[C@H](C3(F)CCOCC3)CO4)CC2)C1. The van der Waals surface area contributed by atoms with Gasteiger partial charge in [0.25, 0.3) is 11.6 Å². The molecule has 1 spiro atoms. The fourth-order valence-electron chi connectivity index (χ4n) is 12.8. The predicted octanol–water partition coefficient (Wildman–Crippen LogP) is 7.78. The summed E-state index contributed by atoms with van der Waals surface area (Å²) in [5.41, 5.74) is 6.12. The molecule has 0 unspecified atom stereocenters. The van der Waals surface area contributed by atoms with Crippen LogP contribution in [-0.2, 0) is 24.0 Å². The van der Waals surface area contributed by atoms with E-state index in [1.54, 1.807) is 18.3 Å². The number of halogens is 1. The number of pyridine rings is 1. The number of hydrogen-bond donors (Lipinski definition) is 3. The molecule has 4 N–H and O–H groups in total. The van der Waals surface area contributed by atoms with Crippen molar-refractivity contribution in [1.29, 1.82) is 0 Å². The third-order valence-corrected chi connectivity index (χ3v) is 18.5. The summed E-state index contributed by atoms with van der Waals surface area (Å²) in [5.74, 6) is 0.0750. The average Bonchev–Trinajstić information content (AvgIpc) is 3.72. The second kappa shape index (κ2) is 19.4. The van der Waals surface area contributed by atoms with Crippen molar-refractivity contribution in [3.63, 3.8) is 0 Å². The van der Waals surface area contributed by atoms with E-state index in [0.29, 0.717) is 67.8 Å². The third-order valence-electron chi connectivity index (χ3n) is 16.7. The van der Waals surface area contributed by atoms with Gasteiger partial charge in [0.15, 0.2) is 11.4 Å². The summed E-state index contributed by atoms with van der Waals surface area (Å²) in [4.78, 5) is 40.1. The van der Waals surface area contributed by atoms with Crippen molar-refractivity contribution in [2.24, 2.45) is 11.1 Å². The second-order valence-electron chi connectivity index (χ2n) is 21.5. The molecule has 6 aliphatic heterocycles. The van der Waals surface area contributed by atoms with E-state index in [2.05, 4.69) is 32.2 Å². The van der Waals surface area contributed by atoms with Gasteiger partial charge < -0.3 is 54.3 Å². The lowest BCUT2D eigenvalue weighted by Crippen LogP contribution is -2.56. The molecular weight excluding hydrogens is 988 g/mol. The molecule has 7 aliphatic rings. The number of amides is 1. The monoisotopic (exact) mass is 1050 g/mol. The first-order valence-corrected chi connectivity index (χ1v) is 27.7. The molecule has 8 heterocycles. The lowest BCUT2D eigenvalue weighted by molar-refractivity contribution is -0.384. The van der Waals surface area contributed by atoms with Crippen LogP contribution in [0.25, 0.3) is 11.0 Å². The largest absolute Gasteiger partial charge is 0.491 e. The van der Waals surface area contributed by atoms with Gasteiger partial charge in [-0.05, 0) is 88.1 Å². The molecule has 3 aromatic carbocycles. The van der Waals surface area contributed by atoms with Crippen LogP contribution in [0.15, 0.2) is 76.7 Å². The van der Waals surface area contributed by atoms with Gasteiger partial charge in [-0.15, -0.1) is 0 Å². The van der Waals surface area contributed by atoms with Crippen LogP contribution in [0.2, 0.25) is 0 Å². The maximum Gasteiger partial charge on any atom is 0.297 e. The highest BCUT2D eigenvalue weighted by Gasteiger charge is 2.52. The van der Waals surface area contributed by atoms with E-state index < -0.39 is 55.1 Å². The molecule has 5 aromatic rings. The van der Waals surface area contributed by atoms with Gasteiger partial charge in [0.1, 0.15) is 40.4 Å². The van der Waals surface area contributed by atoms with Gasteiger partial charge in [-0.3, -0.25) is 19.8 Å². The standard InChI is InChI=1S/C54H63FN8O11S/c1-32(2)73-43-7-4-3-6-36(43)42-29-70-20-5-17-61(42)34-27-53(28-34)12-18-60(19-13-53)39-9-8-37(50(56)64)48(62-38-11-21-71-30-45(38)74-52-41(62)24-33-10-16-57-51(33)59-52)49(39)75(67,68)35-25-40(63(65)66)47-44(26-35)72-31-46(58-47)54(55)14-22-69-23-15-54/h3-4,6-10,16,24-26,32,34,38,42,45-46,58H,5,11-15,17-23,27-31H2,1-2H3,(H2,56,64)(H,57,59)/t38-,42-,45-,46-/m0/s1. The fourth-order valence-corrected chi connectivity index (χ4v) is 14.5. The van der Waals surface area contributed by atoms with Crippen molar-refractivity contribution >= 4 is 55.2 Å². The number of sulfone groups is 1. The normalized spacial score (nSPS) is 24.7. The van der Waals surface area contributed by atoms with E-state index >= 15 is 12.8 Å². The molecule has 1 aliphatic carbocycles. The molecule has 4 saturated heterocycles. The Morgan fingerprint density at radius 2 is 1.73 bits per heavy atom. The number of nitro benzene ring substituents is 1. The zero-order chi connectivity index (χ0) is 51.8. The van der Waals surface area contributed by atoms with Crippen molar-refractivity contribution in [3.8, 4) is 17.4 Å². The first-order valence-electron chi connectivity index (χ1n) is 26.3. The van der Waals surface area contributed by atoms with Crippen molar-refractivity contribution < 1.29 is 50.9 Å². The number of hydrogen-bond acceptors (Lipinski definition) is 16. The molecule has 1 amide bonds. The van der Waals surface area contributed by atoms with Crippen molar-refractivity contribution in [2.45, 2.75) is 117 Å². The van der Waals surface area contributed by atoms with Crippen LogP contribution in [0.1, 0.15) is 87.2 Å². The number of piperidine rings is 1. The van der Waals surface area contributed by atoms with Gasteiger partial charge in [0, 0.05) is 94.2 Å². The van der Waals surface area contributed by atoms with E-state index in [1.807, 2.05) is 43.0 Å². The number of nitrogens with one attached hydrogen (secondary N) is 2. The second-order valence-corrected chi connectivity index (χ2v) is 23.4. The summed E-state index contributed by atoms with van der Waals surface area (Å²) < 4.78 is 85.2. The number of carbonyl (C=O) groups excluding carboxylic acids is 1. The smallest absolute Gasteiger partial charge is 0.297 e. The minimum Gasteiger partial charge on any atom is -0.491 e. The van der Waals surface area contributed by atoms with Gasteiger partial charge in [-0.2, -0.15) is 4.98 Å². The highest BCUT2D eigenvalue weighted by Crippen LogP contribution is 2.56. The first kappa shape index (κ1) is 49.6. The molecule has 398 valence electrons. The van der Waals surface area contributed by atoms with E-state index in [0.717, 1.165) is 56.0 Å². The number of carbonyl (C=O) groups is 1. The first-order chi connectivity index (χ1) is 36.2. The highest BCUT2D eigenvalue weighted by atomic mass is 32.2. The third kappa shape index (κ3) is 8.86. The van der Waals surface area contributed by atoms with Crippen molar-refractivity contribution in [1.82, 2.24) is 14.9 Å². The number of nitrogens with zero attached hydrogens (tertiary/aromatic N) is 5. The minimum absolute atomic E-state index is 0.00191. The van der Waals surface area contributed by atoms with Crippen LogP contribution in [0, 0.1) is 15.5 Å². The summed E-state index contributed by atoms with van der Waals surface area (Å²) in [6, 6.07) is 16.2. The lowest BCUT2D eigenvalue weighted by atomic mass is 9.59. The number of aromatic nitrogens is 2. The summed E-state index contributed by atoms with van der Waals surface area (Å²) in [7, 11) is -4.87. The van der Waals surface area contributed by atoms with Crippen LogP contribution < -0.4 is 35.1 Å². The molecule has 19 nitrogen and oxygen atoms in total. The van der Waals surface area contributed by atoms with Crippen LogP contribution >= 0.6 is 0 Å². The number of ether oxygens (including phenoxy) is 6. The molecule has 75 heavy (non-hydrogen) atoms. The molecule has 12 rings (SSSR count). The molecule has 1 saturated carbocycles. The summed E-state index contributed by atoms with van der Waals surface area (Å²) >= 11 is 0. The topological polar surface area (TPSA) is 226 Å². The summed E-state index contributed by atoms with van der Waals surface area (Å²) in [6.45, 7) is 7.82. The number of primary amides is 1. The van der Waals surface area contributed by atoms with Gasteiger partial charge >= 0.3 is 0 Å². The number of rotatable bonds is 11. The Hall–Kier alpha value is -6.26. The molecule has 0 bridgehead atoms. The Bertz CT molecular complexity index is 3130. The Balaban J connectivity index is 0.942. The number of fused-ring (bicyclic) bond motifs is 4. The average molecular weight is 1050 g/mol. The predicted molar refractivity (Wildman–Crippen MR) is 276 cm³/mol. The molecule has 2 aromatic heterocycles. The van der Waals surface area contributed by atoms with Crippen molar-refractivity contribution in [2.75, 3.05) is 81.0 Å². The van der Waals surface area contributed by atoms with Crippen LogP contribution in [0.4, 0.5) is 32.8 Å². The maximum atomic E-state index is 16.4. The van der Waals surface area contributed by atoms with Gasteiger partial charge in [0.2, 0.25) is 15.7 Å². The number of nitrogens with two attached hydrogens (primary N) is 1. The van der Waals surface area contributed by atoms with E-state index in [1.165, 1.54) is 6.07 Å². The highest BCUT2D eigenvalue weighted by molar-refractivity contribution is 7.91. The van der Waals surface area contributed by atoms with E-state index in [-0.39, 0.29) is 90.3 Å². The summed E-state index contributed by atoms with van der Waals surface area (Å²) in [6.07, 6.45) is 6.01.